The van der Waals surface area contributed by atoms with Crippen LogP contribution in [0, 0.1) is 5.92 Å². The van der Waals surface area contributed by atoms with Gasteiger partial charge < -0.3 is 9.84 Å². The van der Waals surface area contributed by atoms with Gasteiger partial charge in [-0.3, -0.25) is 0 Å². The van der Waals surface area contributed by atoms with Gasteiger partial charge in [0, 0.05) is 0 Å². The van der Waals surface area contributed by atoms with Gasteiger partial charge >= 0.3 is 0 Å². The molecule has 0 saturated heterocycles. The van der Waals surface area contributed by atoms with Crippen molar-refractivity contribution >= 4 is 0 Å². The molecule has 2 rings (SSSR count). The Morgan fingerprint density at radius 2 is 1.90 bits per heavy atom. The molecule has 0 aliphatic heterocycles. The zero-order valence-electron chi connectivity index (χ0n) is 12.8. The van der Waals surface area contributed by atoms with Crippen molar-refractivity contribution in [1.82, 2.24) is 0 Å². The molecule has 2 nitrogen and oxygen atoms in total. The van der Waals surface area contributed by atoms with Crippen LogP contribution in [0.15, 0.2) is 24.3 Å². The summed E-state index contributed by atoms with van der Waals surface area (Å²) in [6, 6.07) is 8.42. The van der Waals surface area contributed by atoms with E-state index in [1.54, 1.807) is 0 Å². The van der Waals surface area contributed by atoms with Gasteiger partial charge in [0.25, 0.3) is 0 Å². The Kier molecular flexibility index (Phi) is 5.90. The molecule has 2 heteroatoms. The summed E-state index contributed by atoms with van der Waals surface area (Å²) >= 11 is 0. The van der Waals surface area contributed by atoms with E-state index in [9.17, 15) is 5.11 Å². The number of aliphatic hydroxyl groups is 1. The quantitative estimate of drug-likeness (QED) is 0.837. The van der Waals surface area contributed by atoms with Gasteiger partial charge in [0.05, 0.1) is 6.10 Å². The summed E-state index contributed by atoms with van der Waals surface area (Å²) in [6.45, 7) is 4.11. The van der Waals surface area contributed by atoms with Crippen LogP contribution in [-0.4, -0.2) is 17.3 Å². The lowest BCUT2D eigenvalue weighted by atomic mass is 9.85. The first-order chi connectivity index (χ1) is 9.69. The van der Waals surface area contributed by atoms with Crippen LogP contribution in [-0.2, 0) is 6.42 Å². The van der Waals surface area contributed by atoms with Crippen LogP contribution in [0.25, 0.3) is 0 Å². The van der Waals surface area contributed by atoms with Gasteiger partial charge in [-0.15, -0.1) is 0 Å². The molecule has 20 heavy (non-hydrogen) atoms. The third-order valence-electron chi connectivity index (χ3n) is 4.43. The lowest BCUT2D eigenvalue weighted by molar-refractivity contribution is 0.0904. The first-order valence-corrected chi connectivity index (χ1v) is 8.12. The number of rotatable bonds is 6. The highest BCUT2D eigenvalue weighted by molar-refractivity contribution is 5.27. The second-order valence-corrected chi connectivity index (χ2v) is 6.14. The summed E-state index contributed by atoms with van der Waals surface area (Å²) in [7, 11) is 0. The highest BCUT2D eigenvalue weighted by atomic mass is 16.5. The van der Waals surface area contributed by atoms with Crippen LogP contribution in [0.4, 0.5) is 0 Å². The third-order valence-corrected chi connectivity index (χ3v) is 4.43. The van der Waals surface area contributed by atoms with Gasteiger partial charge in [0.15, 0.2) is 0 Å². The van der Waals surface area contributed by atoms with E-state index in [1.165, 1.54) is 37.7 Å². The number of hydrogen-bond acceptors (Lipinski definition) is 2. The molecule has 1 fully saturated rings. The fraction of sp³-hybridized carbons (Fsp3) is 0.667. The van der Waals surface area contributed by atoms with Crippen molar-refractivity contribution < 1.29 is 9.84 Å². The van der Waals surface area contributed by atoms with Crippen LogP contribution >= 0.6 is 0 Å². The lowest BCUT2D eigenvalue weighted by Gasteiger charge is -2.31. The van der Waals surface area contributed by atoms with E-state index in [-0.39, 0.29) is 6.10 Å². The number of aryl methyl sites for hydroxylation is 1. The van der Waals surface area contributed by atoms with E-state index in [0.29, 0.717) is 6.10 Å². The Labute approximate surface area is 123 Å². The molecule has 1 N–H and O–H groups in total. The molecule has 1 aliphatic rings. The summed E-state index contributed by atoms with van der Waals surface area (Å²) < 4.78 is 6.19. The minimum absolute atomic E-state index is 0.224. The van der Waals surface area contributed by atoms with Crippen molar-refractivity contribution in [1.29, 1.82) is 0 Å². The zero-order valence-corrected chi connectivity index (χ0v) is 12.8. The van der Waals surface area contributed by atoms with Gasteiger partial charge in [-0.25, -0.2) is 0 Å². The first-order valence-electron chi connectivity index (χ1n) is 8.12. The van der Waals surface area contributed by atoms with Gasteiger partial charge in [0.2, 0.25) is 0 Å². The predicted molar refractivity (Wildman–Crippen MR) is 83.1 cm³/mol. The number of aliphatic hydroxyl groups excluding tert-OH is 1. The molecule has 3 atom stereocenters. The van der Waals surface area contributed by atoms with Crippen molar-refractivity contribution in [2.24, 2.45) is 5.92 Å². The topological polar surface area (TPSA) is 29.5 Å². The van der Waals surface area contributed by atoms with Crippen molar-refractivity contribution in [3.05, 3.63) is 29.8 Å². The van der Waals surface area contributed by atoms with Crippen LogP contribution < -0.4 is 4.74 Å². The maximum absolute atomic E-state index is 9.32. The summed E-state index contributed by atoms with van der Waals surface area (Å²) in [5.74, 6) is 1.72. The standard InChI is InChI=1S/C18H28O2/c1-3-16-6-4-5-7-18(16)20-17-12-10-15(11-13-17)9-8-14(2)19/h10-14,16,18-19H,3-9H2,1-2H3. The maximum atomic E-state index is 9.32. The van der Waals surface area contributed by atoms with E-state index in [4.69, 9.17) is 4.74 Å². The van der Waals surface area contributed by atoms with Crippen molar-refractivity contribution in [3.63, 3.8) is 0 Å². The van der Waals surface area contributed by atoms with Gasteiger partial charge in [-0.05, 0) is 69.1 Å². The number of benzene rings is 1. The van der Waals surface area contributed by atoms with Crippen LogP contribution in [0.1, 0.15) is 57.9 Å². The van der Waals surface area contributed by atoms with Crippen LogP contribution in [0.2, 0.25) is 0 Å². The normalized spacial score (nSPS) is 24.4. The molecule has 1 saturated carbocycles. The van der Waals surface area contributed by atoms with Gasteiger partial charge in [-0.2, -0.15) is 0 Å². The third kappa shape index (κ3) is 4.52. The van der Waals surface area contributed by atoms with Crippen LogP contribution in [0.5, 0.6) is 5.75 Å². The second-order valence-electron chi connectivity index (χ2n) is 6.14. The summed E-state index contributed by atoms with van der Waals surface area (Å²) in [5.41, 5.74) is 1.27. The Morgan fingerprint density at radius 3 is 2.55 bits per heavy atom. The monoisotopic (exact) mass is 276 g/mol. The fourth-order valence-electron chi connectivity index (χ4n) is 3.08. The molecule has 1 aromatic carbocycles. The highest BCUT2D eigenvalue weighted by Gasteiger charge is 2.25. The molecule has 0 aromatic heterocycles. The second kappa shape index (κ2) is 7.68. The average Bonchev–Trinajstić information content (AvgIpc) is 2.47. The smallest absolute Gasteiger partial charge is 0.119 e. The minimum Gasteiger partial charge on any atom is -0.490 e. The summed E-state index contributed by atoms with van der Waals surface area (Å²) in [4.78, 5) is 0. The Balaban J connectivity index is 1.89. The minimum atomic E-state index is -0.224. The molecule has 1 aromatic rings. The molecule has 112 valence electrons. The number of ether oxygens (including phenoxy) is 1. The van der Waals surface area contributed by atoms with E-state index in [2.05, 4.69) is 31.2 Å². The van der Waals surface area contributed by atoms with E-state index in [1.807, 2.05) is 6.92 Å². The summed E-state index contributed by atoms with van der Waals surface area (Å²) in [6.07, 6.45) is 8.31. The fourth-order valence-corrected chi connectivity index (χ4v) is 3.08. The molecule has 0 heterocycles. The first kappa shape index (κ1) is 15.4. The maximum Gasteiger partial charge on any atom is 0.119 e. The van der Waals surface area contributed by atoms with Gasteiger partial charge in [-0.1, -0.05) is 25.5 Å². The van der Waals surface area contributed by atoms with E-state index < -0.39 is 0 Å². The summed E-state index contributed by atoms with van der Waals surface area (Å²) in [5, 5.41) is 9.32. The molecule has 3 unspecified atom stereocenters. The molecule has 0 bridgehead atoms. The number of hydrogen-bond donors (Lipinski definition) is 1. The van der Waals surface area contributed by atoms with Gasteiger partial charge in [0.1, 0.15) is 11.9 Å². The molecular weight excluding hydrogens is 248 g/mol. The molecule has 0 radical (unpaired) electrons. The van der Waals surface area contributed by atoms with Crippen molar-refractivity contribution in [2.75, 3.05) is 0 Å². The molecule has 1 aliphatic carbocycles. The Morgan fingerprint density at radius 1 is 1.20 bits per heavy atom. The largest absolute Gasteiger partial charge is 0.490 e. The van der Waals surface area contributed by atoms with E-state index >= 15 is 0 Å². The Bertz CT molecular complexity index is 383. The average molecular weight is 276 g/mol. The molecular formula is C18H28O2. The van der Waals surface area contributed by atoms with Crippen molar-refractivity contribution in [3.8, 4) is 5.75 Å². The predicted octanol–water partition coefficient (Wildman–Crippen LogP) is 4.35. The molecule has 0 spiro atoms. The lowest BCUT2D eigenvalue weighted by Crippen LogP contribution is -2.29. The zero-order chi connectivity index (χ0) is 14.4. The molecule has 0 amide bonds. The van der Waals surface area contributed by atoms with Crippen molar-refractivity contribution in [2.45, 2.75) is 71.0 Å². The van der Waals surface area contributed by atoms with E-state index in [0.717, 1.165) is 24.5 Å². The Hall–Kier alpha value is -1.02. The van der Waals surface area contributed by atoms with Crippen LogP contribution in [0.3, 0.4) is 0 Å². The highest BCUT2D eigenvalue weighted by Crippen LogP contribution is 2.30. The SMILES string of the molecule is CCC1CCCCC1Oc1ccc(CCC(C)O)cc1.